The summed E-state index contributed by atoms with van der Waals surface area (Å²) in [6, 6.07) is 14.0. The first-order valence-corrected chi connectivity index (χ1v) is 8.05. The minimum absolute atomic E-state index is 0. The Kier molecular flexibility index (Phi) is 3.98. The van der Waals surface area contributed by atoms with Gasteiger partial charge in [0.2, 0.25) is 0 Å². The van der Waals surface area contributed by atoms with E-state index in [2.05, 4.69) is 19.9 Å². The smallest absolute Gasteiger partial charge is 0.0659 e. The molecule has 5 rings (SSSR count). The van der Waals surface area contributed by atoms with Gasteiger partial charge in [0.1, 0.15) is 0 Å². The third-order valence-corrected chi connectivity index (χ3v) is 4.20. The first kappa shape index (κ1) is 16.4. The maximum absolute atomic E-state index is 6.13. The molecule has 129 valence electrons. The molecule has 0 saturated heterocycles. The molecule has 0 spiro atoms. The van der Waals surface area contributed by atoms with Gasteiger partial charge in [0.25, 0.3) is 0 Å². The van der Waals surface area contributed by atoms with E-state index < -0.39 is 0 Å². The number of rotatable bonds is 0. The van der Waals surface area contributed by atoms with E-state index in [1.54, 1.807) is 0 Å². The molecular formula is C20H15CoN5. The Balaban J connectivity index is 0.00000168. The fraction of sp³-hybridized carbons (Fsp3) is 0. The van der Waals surface area contributed by atoms with Crippen LogP contribution in [0.3, 0.4) is 0 Å². The summed E-state index contributed by atoms with van der Waals surface area (Å²) in [4.78, 5) is 15.9. The van der Waals surface area contributed by atoms with Gasteiger partial charge in [-0.05, 0) is 66.8 Å². The number of fused-ring (bicyclic) bond motifs is 8. The molecule has 6 heteroatoms. The summed E-state index contributed by atoms with van der Waals surface area (Å²) in [6.45, 7) is 0. The Morgan fingerprint density at radius 3 is 1.69 bits per heavy atom. The van der Waals surface area contributed by atoms with Gasteiger partial charge >= 0.3 is 0 Å². The van der Waals surface area contributed by atoms with Crippen LogP contribution in [0.25, 0.3) is 46.4 Å². The van der Waals surface area contributed by atoms with Crippen LogP contribution < -0.4 is 5.73 Å². The first-order valence-electron chi connectivity index (χ1n) is 8.05. The Morgan fingerprint density at radius 1 is 0.615 bits per heavy atom. The predicted molar refractivity (Wildman–Crippen MR) is 103 cm³/mol. The molecule has 2 aliphatic rings. The fourth-order valence-corrected chi connectivity index (χ4v) is 3.04. The summed E-state index contributed by atoms with van der Waals surface area (Å²) in [6.07, 6.45) is 7.96. The average Bonchev–Trinajstić information content (AvgIpc) is 3.33. The Morgan fingerprint density at radius 2 is 1.12 bits per heavy atom. The molecule has 0 aliphatic carbocycles. The number of hydrogen-bond acceptors (Lipinski definition) is 3. The van der Waals surface area contributed by atoms with Crippen molar-refractivity contribution >= 4 is 52.1 Å². The van der Waals surface area contributed by atoms with E-state index in [1.165, 1.54) is 0 Å². The van der Waals surface area contributed by atoms with Crippen molar-refractivity contribution in [3.8, 4) is 0 Å². The Bertz CT molecular complexity index is 1210. The van der Waals surface area contributed by atoms with E-state index in [0.29, 0.717) is 5.69 Å². The minimum atomic E-state index is 0. The third kappa shape index (κ3) is 3.07. The molecule has 4 N–H and O–H groups in total. The molecule has 0 aromatic carbocycles. The molecule has 0 unspecified atom stereocenters. The second-order valence-electron chi connectivity index (χ2n) is 6.13. The quantitative estimate of drug-likeness (QED) is 0.374. The van der Waals surface area contributed by atoms with Gasteiger partial charge in [0.05, 0.1) is 34.0 Å². The van der Waals surface area contributed by atoms with Crippen LogP contribution in [-0.2, 0) is 16.8 Å². The number of H-pyrrole nitrogens is 2. The third-order valence-electron chi connectivity index (χ3n) is 4.20. The van der Waals surface area contributed by atoms with Gasteiger partial charge in [-0.1, -0.05) is 0 Å². The Labute approximate surface area is 159 Å². The van der Waals surface area contributed by atoms with Crippen LogP contribution in [0, 0.1) is 0 Å². The SMILES string of the molecule is Nc1cc2cc3nc(cc4ccc(cc5nc(cc1[nH]2)C=C5)[nH]4)C=C3.[Co]. The average molecular weight is 384 g/mol. The van der Waals surface area contributed by atoms with E-state index in [9.17, 15) is 0 Å². The van der Waals surface area contributed by atoms with Crippen molar-refractivity contribution in [3.05, 3.63) is 65.2 Å². The van der Waals surface area contributed by atoms with Crippen molar-refractivity contribution in [3.63, 3.8) is 0 Å². The predicted octanol–water partition coefficient (Wildman–Crippen LogP) is 4.24. The molecule has 3 aromatic rings. The molecule has 0 amide bonds. The molecule has 3 aromatic heterocycles. The summed E-state index contributed by atoms with van der Waals surface area (Å²) >= 11 is 0. The van der Waals surface area contributed by atoms with Crippen molar-refractivity contribution in [2.45, 2.75) is 0 Å². The van der Waals surface area contributed by atoms with Crippen LogP contribution in [0.1, 0.15) is 22.8 Å². The number of hydrogen-bond donors (Lipinski definition) is 3. The number of nitrogens with one attached hydrogen (secondary N) is 2. The van der Waals surface area contributed by atoms with Gasteiger partial charge in [-0.15, -0.1) is 0 Å². The van der Waals surface area contributed by atoms with Crippen molar-refractivity contribution in [1.82, 2.24) is 19.9 Å². The zero-order valence-corrected chi connectivity index (χ0v) is 14.7. The summed E-state index contributed by atoms with van der Waals surface area (Å²) in [5.41, 5.74) is 14.2. The summed E-state index contributed by atoms with van der Waals surface area (Å²) < 4.78 is 0. The van der Waals surface area contributed by atoms with Crippen LogP contribution in [-0.4, -0.2) is 19.9 Å². The molecule has 0 saturated carbocycles. The van der Waals surface area contributed by atoms with Crippen LogP contribution in [0.4, 0.5) is 5.69 Å². The first-order chi connectivity index (χ1) is 12.2. The molecule has 8 bridgehead atoms. The summed E-state index contributed by atoms with van der Waals surface area (Å²) in [5, 5.41) is 0. The molecule has 5 nitrogen and oxygen atoms in total. The van der Waals surface area contributed by atoms with Crippen LogP contribution in [0.2, 0.25) is 0 Å². The monoisotopic (exact) mass is 384 g/mol. The standard InChI is InChI=1S/C20H15N5.Co/c21-19-10-18-9-16-4-3-14(23-16)7-12-1-2-13(22-12)8-15-5-6-17(24-15)11-20(19)25-18;/h1-11,22,25H,21H2;. The van der Waals surface area contributed by atoms with Crippen LogP contribution >= 0.6 is 0 Å². The van der Waals surface area contributed by atoms with Crippen molar-refractivity contribution in [2.24, 2.45) is 0 Å². The number of nitrogens with zero attached hydrogens (tertiary/aromatic N) is 2. The van der Waals surface area contributed by atoms with Crippen LogP contribution in [0.5, 0.6) is 0 Å². The summed E-state index contributed by atoms with van der Waals surface area (Å²) in [5.74, 6) is 0. The van der Waals surface area contributed by atoms with Gasteiger partial charge in [-0.2, -0.15) is 0 Å². The Hall–Kier alpha value is -3.09. The molecule has 2 aliphatic heterocycles. The van der Waals surface area contributed by atoms with E-state index in [0.717, 1.165) is 44.8 Å². The maximum atomic E-state index is 6.13. The minimum Gasteiger partial charge on any atom is -0.397 e. The fourth-order valence-electron chi connectivity index (χ4n) is 3.04. The van der Waals surface area contributed by atoms with Crippen molar-refractivity contribution < 1.29 is 16.8 Å². The largest absolute Gasteiger partial charge is 0.397 e. The van der Waals surface area contributed by atoms with Gasteiger partial charge in [-0.3, -0.25) is 0 Å². The topological polar surface area (TPSA) is 83.4 Å². The van der Waals surface area contributed by atoms with Gasteiger partial charge in [0, 0.05) is 33.3 Å². The number of aromatic amines is 2. The molecule has 0 fully saturated rings. The van der Waals surface area contributed by atoms with Crippen molar-refractivity contribution in [2.75, 3.05) is 5.73 Å². The van der Waals surface area contributed by atoms with Gasteiger partial charge < -0.3 is 15.7 Å². The maximum Gasteiger partial charge on any atom is 0.0659 e. The zero-order chi connectivity index (χ0) is 16.8. The van der Waals surface area contributed by atoms with Gasteiger partial charge in [0.15, 0.2) is 0 Å². The van der Waals surface area contributed by atoms with Crippen molar-refractivity contribution in [1.29, 1.82) is 0 Å². The molecule has 1 radical (unpaired) electrons. The van der Waals surface area contributed by atoms with E-state index in [1.807, 2.05) is 66.8 Å². The van der Waals surface area contributed by atoms with Gasteiger partial charge in [-0.25, -0.2) is 9.97 Å². The number of nitrogen functional groups attached to an aromatic ring is 1. The second-order valence-corrected chi connectivity index (χ2v) is 6.13. The van der Waals surface area contributed by atoms with Crippen LogP contribution in [0.15, 0.2) is 42.5 Å². The summed E-state index contributed by atoms with van der Waals surface area (Å²) in [7, 11) is 0. The number of aromatic nitrogens is 4. The molecule has 26 heavy (non-hydrogen) atoms. The zero-order valence-electron chi connectivity index (χ0n) is 13.7. The second kappa shape index (κ2) is 6.33. The molecule has 5 heterocycles. The number of anilines is 1. The van der Waals surface area contributed by atoms with E-state index >= 15 is 0 Å². The molecule has 0 atom stereocenters. The van der Waals surface area contributed by atoms with E-state index in [-0.39, 0.29) is 16.8 Å². The normalized spacial score (nSPS) is 12.2. The number of nitrogens with two attached hydrogens (primary N) is 1. The van der Waals surface area contributed by atoms with E-state index in [4.69, 9.17) is 5.73 Å². The molecular weight excluding hydrogens is 369 g/mol.